The zero-order valence-electron chi connectivity index (χ0n) is 21.3. The summed E-state index contributed by atoms with van der Waals surface area (Å²) in [6.07, 6.45) is 3.44. The van der Waals surface area contributed by atoms with Crippen LogP contribution in [0.1, 0.15) is 63.5 Å². The third-order valence-electron chi connectivity index (χ3n) is 8.10. The number of fused-ring (bicyclic) bond motifs is 1. The summed E-state index contributed by atoms with van der Waals surface area (Å²) in [7, 11) is 0. The van der Waals surface area contributed by atoms with Crippen LogP contribution in [0.25, 0.3) is 11.0 Å². The van der Waals surface area contributed by atoms with Gasteiger partial charge >= 0.3 is 0 Å². The van der Waals surface area contributed by atoms with E-state index in [1.54, 1.807) is 11.0 Å². The summed E-state index contributed by atoms with van der Waals surface area (Å²) in [4.78, 5) is 32.7. The monoisotopic (exact) mass is 512 g/mol. The largest absolute Gasteiger partial charge is 0.388 e. The van der Waals surface area contributed by atoms with Gasteiger partial charge in [-0.25, -0.2) is 13.8 Å². The predicted octanol–water partition coefficient (Wildman–Crippen LogP) is 4.35. The minimum Gasteiger partial charge on any atom is -0.388 e. The zero-order chi connectivity index (χ0) is 26.4. The first kappa shape index (κ1) is 25.6. The molecule has 1 saturated carbocycles. The van der Waals surface area contributed by atoms with E-state index in [9.17, 15) is 23.5 Å². The molecular formula is C28H34F2N4O3. The van der Waals surface area contributed by atoms with Crippen molar-refractivity contribution in [3.63, 3.8) is 0 Å². The summed E-state index contributed by atoms with van der Waals surface area (Å²) in [5.41, 5.74) is 0.0248. The van der Waals surface area contributed by atoms with Crippen LogP contribution < -0.4 is 5.56 Å². The van der Waals surface area contributed by atoms with Gasteiger partial charge in [0.15, 0.2) is 0 Å². The van der Waals surface area contributed by atoms with E-state index in [1.165, 1.54) is 10.9 Å². The second-order valence-corrected chi connectivity index (χ2v) is 11.0. The van der Waals surface area contributed by atoms with Crippen LogP contribution >= 0.6 is 0 Å². The lowest BCUT2D eigenvalue weighted by Gasteiger charge is -2.42. The Morgan fingerprint density at radius 2 is 1.84 bits per heavy atom. The average Bonchev–Trinajstić information content (AvgIpc) is 3.31. The first-order valence-corrected chi connectivity index (χ1v) is 13.1. The van der Waals surface area contributed by atoms with Gasteiger partial charge in [0.1, 0.15) is 12.0 Å². The Hall–Kier alpha value is -3.07. The number of aliphatic hydroxyl groups is 1. The number of alkyl halides is 2. The number of carbonyl (C=O) groups is 1. The zero-order valence-corrected chi connectivity index (χ0v) is 21.3. The van der Waals surface area contributed by atoms with Gasteiger partial charge in [0.05, 0.1) is 17.5 Å². The second kappa shape index (κ2) is 9.67. The van der Waals surface area contributed by atoms with E-state index < -0.39 is 23.4 Å². The maximum absolute atomic E-state index is 14.3. The van der Waals surface area contributed by atoms with Crippen LogP contribution in [0.4, 0.5) is 8.78 Å². The summed E-state index contributed by atoms with van der Waals surface area (Å²) in [6.45, 7) is 4.76. The molecule has 0 radical (unpaired) electrons. The van der Waals surface area contributed by atoms with E-state index >= 15 is 0 Å². The van der Waals surface area contributed by atoms with Crippen molar-refractivity contribution >= 4 is 16.9 Å². The number of halogens is 2. The molecule has 0 spiro atoms. The third-order valence-corrected chi connectivity index (χ3v) is 8.10. The Morgan fingerprint density at radius 1 is 1.14 bits per heavy atom. The van der Waals surface area contributed by atoms with Crippen molar-refractivity contribution in [2.75, 3.05) is 13.1 Å². The van der Waals surface area contributed by atoms with E-state index in [0.29, 0.717) is 37.0 Å². The van der Waals surface area contributed by atoms with Gasteiger partial charge in [-0.2, -0.15) is 0 Å². The summed E-state index contributed by atoms with van der Waals surface area (Å²) in [6, 6.07) is 11.0. The molecule has 1 saturated heterocycles. The molecule has 5 rings (SSSR count). The standard InChI is InChI=1S/C28H34F2N4O3/c1-19(2)34-13-9-22-24(34)31-18-33(26(22)36)17-27(37)11-14-32(15-12-27)25(35)21-8-10-28(29,30)16-23(21)20-6-4-3-5-7-20/h3-7,9,13,18-19,21,23,37H,8,10-12,14-17H2,1-2H3/t21-,23+/m1/s1. The van der Waals surface area contributed by atoms with Crippen molar-refractivity contribution in [2.24, 2.45) is 5.92 Å². The van der Waals surface area contributed by atoms with Gasteiger partial charge < -0.3 is 14.6 Å². The Bertz CT molecular complexity index is 1330. The fourth-order valence-corrected chi connectivity index (χ4v) is 5.94. The van der Waals surface area contributed by atoms with Crippen molar-refractivity contribution in [1.82, 2.24) is 19.0 Å². The van der Waals surface area contributed by atoms with E-state index in [2.05, 4.69) is 4.98 Å². The summed E-state index contributed by atoms with van der Waals surface area (Å²) in [5, 5.41) is 11.8. The normalized spacial score (nSPS) is 23.5. The molecule has 2 aromatic heterocycles. The SMILES string of the molecule is CC(C)n1ccc2c(=O)n(CC3(O)CCN(C(=O)[C@@H]4CCC(F)(F)C[C@H]4c4ccccc4)CC3)cnc21. The number of hydrogen-bond donors (Lipinski definition) is 1. The first-order valence-electron chi connectivity index (χ1n) is 13.1. The lowest BCUT2D eigenvalue weighted by molar-refractivity contribution is -0.145. The highest BCUT2D eigenvalue weighted by molar-refractivity contribution is 5.80. The molecule has 1 aliphatic heterocycles. The number of hydrogen-bond acceptors (Lipinski definition) is 4. The van der Waals surface area contributed by atoms with Crippen LogP contribution in [0.5, 0.6) is 0 Å². The van der Waals surface area contributed by atoms with Crippen LogP contribution in [0.15, 0.2) is 53.7 Å². The Balaban J connectivity index is 1.28. The highest BCUT2D eigenvalue weighted by atomic mass is 19.3. The number of likely N-dealkylation sites (tertiary alicyclic amines) is 1. The second-order valence-electron chi connectivity index (χ2n) is 11.0. The van der Waals surface area contributed by atoms with Crippen LogP contribution in [0, 0.1) is 5.92 Å². The maximum atomic E-state index is 14.3. The van der Waals surface area contributed by atoms with Crippen molar-refractivity contribution in [3.05, 3.63) is 64.8 Å². The van der Waals surface area contributed by atoms with Crippen molar-refractivity contribution < 1.29 is 18.7 Å². The highest BCUT2D eigenvalue weighted by Gasteiger charge is 2.46. The maximum Gasteiger partial charge on any atom is 0.262 e. The smallest absolute Gasteiger partial charge is 0.262 e. The molecule has 37 heavy (non-hydrogen) atoms. The van der Waals surface area contributed by atoms with Crippen molar-refractivity contribution in [2.45, 2.75) is 76.0 Å². The summed E-state index contributed by atoms with van der Waals surface area (Å²) >= 11 is 0. The topological polar surface area (TPSA) is 80.4 Å². The number of rotatable bonds is 5. The molecule has 1 aromatic carbocycles. The minimum absolute atomic E-state index is 0.0892. The Labute approximate surface area is 214 Å². The van der Waals surface area contributed by atoms with Crippen LogP contribution in [0.3, 0.4) is 0 Å². The molecule has 0 bridgehead atoms. The summed E-state index contributed by atoms with van der Waals surface area (Å²) < 4.78 is 32.0. The minimum atomic E-state index is -2.78. The number of nitrogens with zero attached hydrogens (tertiary/aromatic N) is 4. The highest BCUT2D eigenvalue weighted by Crippen LogP contribution is 2.46. The Morgan fingerprint density at radius 3 is 2.51 bits per heavy atom. The van der Waals surface area contributed by atoms with Gasteiger partial charge in [-0.1, -0.05) is 30.3 Å². The Kier molecular flexibility index (Phi) is 6.68. The van der Waals surface area contributed by atoms with E-state index in [0.717, 1.165) is 5.56 Å². The molecule has 2 fully saturated rings. The van der Waals surface area contributed by atoms with Gasteiger partial charge in [0, 0.05) is 50.0 Å². The molecule has 1 aliphatic carbocycles. The lowest BCUT2D eigenvalue weighted by Crippen LogP contribution is -2.52. The molecule has 0 unspecified atom stereocenters. The van der Waals surface area contributed by atoms with Crippen molar-refractivity contribution in [1.29, 1.82) is 0 Å². The van der Waals surface area contributed by atoms with Gasteiger partial charge in [0.2, 0.25) is 11.8 Å². The van der Waals surface area contributed by atoms with Crippen LogP contribution in [-0.4, -0.2) is 54.6 Å². The van der Waals surface area contributed by atoms with Crippen LogP contribution in [0.2, 0.25) is 0 Å². The number of benzene rings is 1. The van der Waals surface area contributed by atoms with Crippen LogP contribution in [-0.2, 0) is 11.3 Å². The van der Waals surface area contributed by atoms with Gasteiger partial charge in [-0.05, 0) is 44.7 Å². The van der Waals surface area contributed by atoms with Gasteiger partial charge in [0.25, 0.3) is 5.56 Å². The lowest BCUT2D eigenvalue weighted by atomic mass is 9.73. The van der Waals surface area contributed by atoms with E-state index in [-0.39, 0.29) is 43.3 Å². The van der Waals surface area contributed by atoms with Crippen molar-refractivity contribution in [3.8, 4) is 0 Å². The van der Waals surface area contributed by atoms with Gasteiger partial charge in [-0.3, -0.25) is 14.2 Å². The number of carbonyl (C=O) groups excluding carboxylic acids is 1. The first-order chi connectivity index (χ1) is 17.6. The quantitative estimate of drug-likeness (QED) is 0.551. The number of aromatic nitrogens is 3. The third kappa shape index (κ3) is 5.06. The number of piperidine rings is 1. The van der Waals surface area contributed by atoms with E-state index in [1.807, 2.05) is 54.9 Å². The molecule has 7 nitrogen and oxygen atoms in total. The molecule has 1 N–H and O–H groups in total. The fraction of sp³-hybridized carbons (Fsp3) is 0.536. The molecule has 2 atom stereocenters. The molecule has 1 amide bonds. The fourth-order valence-electron chi connectivity index (χ4n) is 5.94. The molecule has 9 heteroatoms. The van der Waals surface area contributed by atoms with E-state index in [4.69, 9.17) is 0 Å². The average molecular weight is 513 g/mol. The molecule has 3 aromatic rings. The summed E-state index contributed by atoms with van der Waals surface area (Å²) in [5.74, 6) is -3.94. The van der Waals surface area contributed by atoms with Gasteiger partial charge in [-0.15, -0.1) is 0 Å². The molecule has 3 heterocycles. The molecule has 2 aliphatic rings. The predicted molar refractivity (Wildman–Crippen MR) is 137 cm³/mol. The molecule has 198 valence electrons. The number of amides is 1. The molecular weight excluding hydrogens is 478 g/mol.